The van der Waals surface area contributed by atoms with Crippen molar-refractivity contribution >= 4 is 0 Å². The Bertz CT molecular complexity index is 1000. The van der Waals surface area contributed by atoms with Crippen molar-refractivity contribution < 1.29 is 0 Å². The molecule has 2 atom stereocenters. The fraction of sp³-hybridized carbons (Fsp3) is 0.458. The Labute approximate surface area is 177 Å². The molecule has 6 rings (SSSR count). The van der Waals surface area contributed by atoms with Crippen LogP contribution in [-0.4, -0.2) is 37.0 Å². The minimum absolute atomic E-state index is 0.375. The zero-order valence-electron chi connectivity index (χ0n) is 17.2. The lowest BCUT2D eigenvalue weighted by atomic mass is 9.74. The van der Waals surface area contributed by atoms with Crippen molar-refractivity contribution in [3.8, 4) is 0 Å². The molecule has 0 radical (unpaired) electrons. The molecule has 0 unspecified atom stereocenters. The number of H-pyrrole nitrogens is 1. The number of aromatic nitrogens is 4. The SMILES string of the molecule is C1=CCN2C=C(C3CC3)N(Cc3ccccc3[C@H]3CCCC[C@@H]3c3nnn[nH]3)C2=C1. The second-order valence-electron chi connectivity index (χ2n) is 9.00. The molecular formula is C24H28N6. The van der Waals surface area contributed by atoms with Gasteiger partial charge in [-0.25, -0.2) is 5.10 Å². The molecule has 30 heavy (non-hydrogen) atoms. The van der Waals surface area contributed by atoms with Gasteiger partial charge in [0.1, 0.15) is 5.82 Å². The summed E-state index contributed by atoms with van der Waals surface area (Å²) in [5.74, 6) is 3.85. The molecule has 1 N–H and O–H groups in total. The number of hydrogen-bond acceptors (Lipinski definition) is 5. The van der Waals surface area contributed by atoms with Crippen molar-refractivity contribution in [1.29, 1.82) is 0 Å². The van der Waals surface area contributed by atoms with E-state index >= 15 is 0 Å². The van der Waals surface area contributed by atoms with Gasteiger partial charge in [-0.15, -0.1) is 5.10 Å². The minimum atomic E-state index is 0.375. The molecule has 4 aliphatic rings. The first-order valence-corrected chi connectivity index (χ1v) is 11.3. The molecular weight excluding hydrogens is 372 g/mol. The van der Waals surface area contributed by atoms with Gasteiger partial charge in [0.25, 0.3) is 0 Å². The molecule has 1 aromatic heterocycles. The summed E-state index contributed by atoms with van der Waals surface area (Å²) in [6, 6.07) is 9.05. The summed E-state index contributed by atoms with van der Waals surface area (Å²) in [5.41, 5.74) is 4.41. The number of rotatable bonds is 5. The smallest absolute Gasteiger partial charge is 0.152 e. The van der Waals surface area contributed by atoms with Crippen LogP contribution in [0, 0.1) is 5.92 Å². The van der Waals surface area contributed by atoms with E-state index in [-0.39, 0.29) is 0 Å². The highest BCUT2D eigenvalue weighted by Crippen LogP contribution is 2.47. The van der Waals surface area contributed by atoms with E-state index in [1.54, 1.807) is 0 Å². The molecule has 0 bridgehead atoms. The van der Waals surface area contributed by atoms with Gasteiger partial charge in [0.05, 0.1) is 0 Å². The number of tetrazole rings is 1. The number of nitrogens with one attached hydrogen (secondary N) is 1. The van der Waals surface area contributed by atoms with Crippen LogP contribution in [0.2, 0.25) is 0 Å². The molecule has 0 spiro atoms. The zero-order valence-corrected chi connectivity index (χ0v) is 17.2. The van der Waals surface area contributed by atoms with E-state index in [0.29, 0.717) is 11.8 Å². The van der Waals surface area contributed by atoms with Gasteiger partial charge in [-0.2, -0.15) is 0 Å². The van der Waals surface area contributed by atoms with Gasteiger partial charge < -0.3 is 9.80 Å². The van der Waals surface area contributed by atoms with Gasteiger partial charge in [0, 0.05) is 36.8 Å². The van der Waals surface area contributed by atoms with Gasteiger partial charge in [-0.1, -0.05) is 49.3 Å². The van der Waals surface area contributed by atoms with Crippen molar-refractivity contribution in [2.75, 3.05) is 6.54 Å². The maximum Gasteiger partial charge on any atom is 0.152 e. The van der Waals surface area contributed by atoms with Gasteiger partial charge >= 0.3 is 0 Å². The second-order valence-corrected chi connectivity index (χ2v) is 9.00. The Hall–Kier alpha value is -2.89. The van der Waals surface area contributed by atoms with Crippen molar-refractivity contribution in [2.24, 2.45) is 5.92 Å². The first-order chi connectivity index (χ1) is 14.9. The van der Waals surface area contributed by atoms with Crippen LogP contribution in [0.1, 0.15) is 67.3 Å². The summed E-state index contributed by atoms with van der Waals surface area (Å²) in [6.45, 7) is 1.91. The Morgan fingerprint density at radius 2 is 1.90 bits per heavy atom. The summed E-state index contributed by atoms with van der Waals surface area (Å²) in [5, 5.41) is 15.1. The largest absolute Gasteiger partial charge is 0.329 e. The molecule has 6 heteroatoms. The summed E-state index contributed by atoms with van der Waals surface area (Å²) in [6.07, 6.45) is 16.6. The average Bonchev–Trinajstić information content (AvgIpc) is 3.36. The summed E-state index contributed by atoms with van der Waals surface area (Å²) in [7, 11) is 0. The topological polar surface area (TPSA) is 60.9 Å². The molecule has 0 saturated heterocycles. The quantitative estimate of drug-likeness (QED) is 0.805. The molecule has 3 heterocycles. The van der Waals surface area contributed by atoms with E-state index in [1.807, 2.05) is 0 Å². The van der Waals surface area contributed by atoms with Crippen molar-refractivity contribution in [2.45, 2.75) is 56.9 Å². The standard InChI is InChI=1S/C24H28N6/c1-2-8-19(20-9-3-4-10-21(20)24-25-27-28-26-24)18(7-1)15-30-22(17-12-13-17)16-29-14-6-5-11-23(29)30/h1-2,5-8,11,16-17,20-21H,3-4,9-10,12-15H2,(H,25,26,27,28)/t20-,21+/m1/s1. The number of fused-ring (bicyclic) bond motifs is 1. The van der Waals surface area contributed by atoms with Crippen LogP contribution in [-0.2, 0) is 6.54 Å². The van der Waals surface area contributed by atoms with Crippen LogP contribution in [0.5, 0.6) is 0 Å². The Morgan fingerprint density at radius 3 is 2.73 bits per heavy atom. The number of allylic oxidation sites excluding steroid dienone is 3. The van der Waals surface area contributed by atoms with Crippen molar-refractivity contribution in [1.82, 2.24) is 30.4 Å². The zero-order chi connectivity index (χ0) is 19.9. The van der Waals surface area contributed by atoms with E-state index < -0.39 is 0 Å². The highest BCUT2D eigenvalue weighted by Gasteiger charge is 2.38. The van der Waals surface area contributed by atoms with Gasteiger partial charge in [0.2, 0.25) is 0 Å². The lowest BCUT2D eigenvalue weighted by Crippen LogP contribution is -2.27. The molecule has 2 aliphatic carbocycles. The molecule has 2 aromatic rings. The van der Waals surface area contributed by atoms with Gasteiger partial charge in [-0.05, 0) is 59.2 Å². The van der Waals surface area contributed by atoms with Gasteiger partial charge in [-0.3, -0.25) is 0 Å². The van der Waals surface area contributed by atoms with Crippen LogP contribution in [0.3, 0.4) is 0 Å². The molecule has 2 saturated carbocycles. The average molecular weight is 401 g/mol. The molecule has 1 aromatic carbocycles. The normalized spacial score (nSPS) is 25.9. The second kappa shape index (κ2) is 7.42. The van der Waals surface area contributed by atoms with E-state index in [1.165, 1.54) is 54.7 Å². The van der Waals surface area contributed by atoms with E-state index in [4.69, 9.17) is 0 Å². The number of aromatic amines is 1. The van der Waals surface area contributed by atoms with Crippen molar-refractivity contribution in [3.05, 3.63) is 77.2 Å². The lowest BCUT2D eigenvalue weighted by molar-refractivity contribution is 0.335. The van der Waals surface area contributed by atoms with Crippen molar-refractivity contribution in [3.63, 3.8) is 0 Å². The van der Waals surface area contributed by atoms with Crippen LogP contribution < -0.4 is 0 Å². The molecule has 0 amide bonds. The first-order valence-electron chi connectivity index (χ1n) is 11.3. The third-order valence-electron chi connectivity index (χ3n) is 7.11. The lowest BCUT2D eigenvalue weighted by Gasteiger charge is -2.33. The van der Waals surface area contributed by atoms with Crippen LogP contribution in [0.15, 0.2) is 60.2 Å². The predicted molar refractivity (Wildman–Crippen MR) is 115 cm³/mol. The van der Waals surface area contributed by atoms with Crippen LogP contribution >= 0.6 is 0 Å². The molecule has 6 nitrogen and oxygen atoms in total. The third-order valence-corrected chi connectivity index (χ3v) is 7.11. The highest BCUT2D eigenvalue weighted by molar-refractivity contribution is 5.37. The fourth-order valence-corrected chi connectivity index (χ4v) is 5.48. The van der Waals surface area contributed by atoms with E-state index in [2.05, 4.69) is 79.1 Å². The van der Waals surface area contributed by atoms with E-state index in [0.717, 1.165) is 31.3 Å². The molecule has 2 aliphatic heterocycles. The minimum Gasteiger partial charge on any atom is -0.329 e. The van der Waals surface area contributed by atoms with Crippen LogP contribution in [0.4, 0.5) is 0 Å². The number of hydrogen-bond donors (Lipinski definition) is 1. The number of nitrogens with zero attached hydrogens (tertiary/aromatic N) is 5. The van der Waals surface area contributed by atoms with Gasteiger partial charge in [0.15, 0.2) is 5.82 Å². The molecule has 154 valence electrons. The highest BCUT2D eigenvalue weighted by atomic mass is 15.5. The Morgan fingerprint density at radius 1 is 1.03 bits per heavy atom. The third kappa shape index (κ3) is 3.15. The Balaban J connectivity index is 1.34. The fourth-order valence-electron chi connectivity index (χ4n) is 5.48. The van der Waals surface area contributed by atoms with Crippen LogP contribution in [0.25, 0.3) is 0 Å². The predicted octanol–water partition coefficient (Wildman–Crippen LogP) is 4.42. The maximum absolute atomic E-state index is 4.29. The monoisotopic (exact) mass is 400 g/mol. The maximum atomic E-state index is 4.29. The van der Waals surface area contributed by atoms with E-state index in [9.17, 15) is 0 Å². The molecule has 2 fully saturated rings. The summed E-state index contributed by atoms with van der Waals surface area (Å²) < 4.78 is 0. The summed E-state index contributed by atoms with van der Waals surface area (Å²) in [4.78, 5) is 4.97. The Kier molecular flexibility index (Phi) is 4.43. The summed E-state index contributed by atoms with van der Waals surface area (Å²) >= 11 is 0. The number of benzene rings is 1. The first kappa shape index (κ1) is 17.9.